The smallest absolute Gasteiger partial charge is 0.180 e. The van der Waals surface area contributed by atoms with Crippen LogP contribution in [0.3, 0.4) is 0 Å². The zero-order chi connectivity index (χ0) is 4.95. The van der Waals surface area contributed by atoms with Crippen molar-refractivity contribution >= 4 is 6.40 Å². The summed E-state index contributed by atoms with van der Waals surface area (Å²) in [5.41, 5.74) is 0. The number of nitrogens with zero attached hydrogens (tertiary/aromatic N) is 1. The van der Waals surface area contributed by atoms with E-state index in [9.17, 15) is 0 Å². The maximum atomic E-state index is 4.63. The Bertz CT molecular complexity index is 110. The van der Waals surface area contributed by atoms with Crippen LogP contribution in [0, 0.1) is 6.20 Å². The van der Waals surface area contributed by atoms with Gasteiger partial charge in [-0.05, 0) is 12.2 Å². The monoisotopic (exact) mass is 94.0 g/mol. The fourth-order valence-electron chi connectivity index (χ4n) is 0.267. The van der Waals surface area contributed by atoms with Crippen LogP contribution in [0.5, 0.6) is 0 Å². The summed E-state index contributed by atoms with van der Waals surface area (Å²) in [6, 6.07) is 0. The second-order valence-corrected chi connectivity index (χ2v) is 0.995. The largest absolute Gasteiger partial charge is 0.453 e. The highest BCUT2D eigenvalue weighted by molar-refractivity contribution is 5.48. The van der Waals surface area contributed by atoms with E-state index in [0.29, 0.717) is 0 Å². The average molecular weight is 94.1 g/mol. The molecule has 0 aromatic carbocycles. The quantitative estimate of drug-likeness (QED) is 0.436. The minimum absolute atomic E-state index is 1.32. The van der Waals surface area contributed by atoms with Gasteiger partial charge in [0.05, 0.1) is 12.5 Å². The van der Waals surface area contributed by atoms with Crippen LogP contribution in [0.15, 0.2) is 23.4 Å². The number of ether oxygens (including phenoxy) is 1. The van der Waals surface area contributed by atoms with Gasteiger partial charge in [0, 0.05) is 0 Å². The molecule has 0 bridgehead atoms. The van der Waals surface area contributed by atoms with Gasteiger partial charge in [-0.2, -0.15) is 0 Å². The van der Waals surface area contributed by atoms with Gasteiger partial charge in [0.1, 0.15) is 0 Å². The number of hydrogen-bond acceptors (Lipinski definition) is 2. The highest BCUT2D eigenvalue weighted by atomic mass is 16.5. The van der Waals surface area contributed by atoms with Crippen LogP contribution in [0.1, 0.15) is 0 Å². The lowest BCUT2D eigenvalue weighted by Gasteiger charge is -1.78. The van der Waals surface area contributed by atoms with E-state index in [0.717, 1.165) is 0 Å². The van der Waals surface area contributed by atoms with Gasteiger partial charge in [0.2, 0.25) is 0 Å². The first kappa shape index (κ1) is 4.12. The van der Waals surface area contributed by atoms with Crippen molar-refractivity contribution in [3.63, 3.8) is 0 Å². The summed E-state index contributed by atoms with van der Waals surface area (Å²) in [5.74, 6) is 0. The Morgan fingerprint density at radius 1 is 1.57 bits per heavy atom. The van der Waals surface area contributed by atoms with Crippen molar-refractivity contribution in [2.24, 2.45) is 4.99 Å². The summed E-state index contributed by atoms with van der Waals surface area (Å²) >= 11 is 0. The number of rotatable bonds is 0. The van der Waals surface area contributed by atoms with Crippen molar-refractivity contribution in [3.8, 4) is 0 Å². The molecule has 1 aliphatic heterocycles. The van der Waals surface area contributed by atoms with Crippen LogP contribution < -0.4 is 0 Å². The fourth-order valence-corrected chi connectivity index (χ4v) is 0.267. The molecular weight excluding hydrogens is 90.1 g/mol. The fraction of sp³-hybridized carbons (Fsp3) is 0. The van der Waals surface area contributed by atoms with Crippen molar-refractivity contribution in [2.45, 2.75) is 0 Å². The molecule has 7 heavy (non-hydrogen) atoms. The van der Waals surface area contributed by atoms with Crippen molar-refractivity contribution in [1.82, 2.24) is 0 Å². The molecule has 35 valence electrons. The Morgan fingerprint density at radius 2 is 2.57 bits per heavy atom. The predicted molar refractivity (Wildman–Crippen MR) is 26.5 cm³/mol. The Labute approximate surface area is 41.8 Å². The Kier molecular flexibility index (Phi) is 1.28. The van der Waals surface area contributed by atoms with Gasteiger partial charge in [0.25, 0.3) is 0 Å². The first-order valence-electron chi connectivity index (χ1n) is 1.91. The van der Waals surface area contributed by atoms with E-state index >= 15 is 0 Å². The van der Waals surface area contributed by atoms with E-state index in [2.05, 4.69) is 15.9 Å². The lowest BCUT2D eigenvalue weighted by Crippen LogP contribution is -1.68. The molecule has 0 aromatic heterocycles. The van der Waals surface area contributed by atoms with Gasteiger partial charge < -0.3 is 4.74 Å². The normalized spacial score (nSPS) is 16.0. The molecule has 1 rings (SSSR count). The van der Waals surface area contributed by atoms with Gasteiger partial charge >= 0.3 is 0 Å². The molecule has 1 radical (unpaired) electrons. The van der Waals surface area contributed by atoms with Crippen LogP contribution in [0.2, 0.25) is 0 Å². The average Bonchev–Trinajstić information content (AvgIpc) is 1.90. The summed E-state index contributed by atoms with van der Waals surface area (Å²) < 4.78 is 4.63. The van der Waals surface area contributed by atoms with Crippen LogP contribution in [0.25, 0.3) is 0 Å². The highest BCUT2D eigenvalue weighted by Crippen LogP contribution is 1.82. The van der Waals surface area contributed by atoms with Crippen molar-refractivity contribution in [1.29, 1.82) is 0 Å². The number of aliphatic imine (C=N–C) groups is 1. The lowest BCUT2D eigenvalue weighted by molar-refractivity contribution is 0.495. The molecule has 0 amide bonds. The van der Waals surface area contributed by atoms with Crippen molar-refractivity contribution in [2.75, 3.05) is 0 Å². The maximum Gasteiger partial charge on any atom is 0.180 e. The molecular formula is C5H4NO. The lowest BCUT2D eigenvalue weighted by atomic mass is 10.6. The van der Waals surface area contributed by atoms with Gasteiger partial charge in [-0.25, -0.2) is 4.99 Å². The number of allylic oxidation sites excluding steroid dienone is 2. The van der Waals surface area contributed by atoms with Crippen LogP contribution >= 0.6 is 0 Å². The van der Waals surface area contributed by atoms with Crippen LogP contribution in [0.4, 0.5) is 0 Å². The topological polar surface area (TPSA) is 21.6 Å². The highest BCUT2D eigenvalue weighted by Gasteiger charge is 1.71. The Hall–Kier alpha value is -1.05. The summed E-state index contributed by atoms with van der Waals surface area (Å²) in [7, 11) is 0. The molecule has 2 nitrogen and oxygen atoms in total. The molecule has 0 atom stereocenters. The molecule has 2 heteroatoms. The first-order chi connectivity index (χ1) is 3.50. The molecule has 0 aromatic rings. The van der Waals surface area contributed by atoms with Crippen molar-refractivity contribution < 1.29 is 4.74 Å². The molecule has 0 saturated heterocycles. The molecule has 1 aliphatic rings. The van der Waals surface area contributed by atoms with E-state index in [1.165, 1.54) is 12.7 Å². The minimum Gasteiger partial charge on any atom is -0.453 e. The molecule has 0 unspecified atom stereocenters. The second-order valence-electron chi connectivity index (χ2n) is 0.995. The van der Waals surface area contributed by atoms with Crippen molar-refractivity contribution in [3.05, 3.63) is 24.6 Å². The predicted octanol–water partition coefficient (Wildman–Crippen LogP) is 0.875. The Morgan fingerprint density at radius 3 is 3.57 bits per heavy atom. The molecule has 0 N–H and O–H groups in total. The Balaban J connectivity index is 2.60. The van der Waals surface area contributed by atoms with Crippen LogP contribution in [-0.2, 0) is 4.74 Å². The van der Waals surface area contributed by atoms with Gasteiger partial charge in [-0.15, -0.1) is 0 Å². The molecule has 0 saturated carbocycles. The van der Waals surface area contributed by atoms with Gasteiger partial charge in [-0.3, -0.25) is 0 Å². The van der Waals surface area contributed by atoms with Gasteiger partial charge in [-0.1, -0.05) is 0 Å². The third kappa shape index (κ3) is 1.22. The first-order valence-corrected chi connectivity index (χ1v) is 1.91. The molecule has 0 spiro atoms. The third-order valence-corrected chi connectivity index (χ3v) is 0.516. The van der Waals surface area contributed by atoms with E-state index in [1.807, 2.05) is 0 Å². The third-order valence-electron chi connectivity index (χ3n) is 0.516. The zero-order valence-electron chi connectivity index (χ0n) is 3.66. The standard InChI is InChI=1S/C5H4NO/c1-2-4-7-5-6-3-1/h1-2,4-5H. The minimum atomic E-state index is 1.32. The summed E-state index contributed by atoms with van der Waals surface area (Å²) in [4.78, 5) is 3.56. The van der Waals surface area contributed by atoms with E-state index < -0.39 is 0 Å². The zero-order valence-corrected chi connectivity index (χ0v) is 3.66. The van der Waals surface area contributed by atoms with E-state index in [1.54, 1.807) is 12.2 Å². The molecule has 1 heterocycles. The van der Waals surface area contributed by atoms with E-state index in [-0.39, 0.29) is 0 Å². The van der Waals surface area contributed by atoms with E-state index in [4.69, 9.17) is 0 Å². The summed E-state index contributed by atoms with van der Waals surface area (Å²) in [6.45, 7) is 0. The van der Waals surface area contributed by atoms with Crippen LogP contribution in [-0.4, -0.2) is 6.40 Å². The SMILES string of the molecule is [C]1=CC=COC=N1. The molecule has 0 aliphatic carbocycles. The summed E-state index contributed by atoms with van der Waals surface area (Å²) in [5, 5.41) is 0. The maximum absolute atomic E-state index is 4.63. The second kappa shape index (κ2) is 2.18. The molecule has 0 fully saturated rings. The summed E-state index contributed by atoms with van der Waals surface area (Å²) in [6.07, 6.45) is 8.82. The number of hydrogen-bond donors (Lipinski definition) is 0. The van der Waals surface area contributed by atoms with Gasteiger partial charge in [0.15, 0.2) is 6.40 Å².